The molecule has 9 nitrogen and oxygen atoms in total. The van der Waals surface area contributed by atoms with Crippen LogP contribution in [0.15, 0.2) is 17.1 Å². The van der Waals surface area contributed by atoms with E-state index in [0.29, 0.717) is 24.7 Å². The SMILES string of the molecule is CCOC(=O)c1c[nH]n2c(=O)cc(CN(CCC(=O)OC)CC(C)C)nc12. The van der Waals surface area contributed by atoms with Gasteiger partial charge in [0.2, 0.25) is 0 Å². The number of carbonyl (C=O) groups is 2. The number of nitrogens with one attached hydrogen (secondary N) is 1. The van der Waals surface area contributed by atoms with Crippen molar-refractivity contribution in [2.24, 2.45) is 5.92 Å². The average molecular weight is 378 g/mol. The molecule has 0 aliphatic heterocycles. The number of hydrogen-bond acceptors (Lipinski definition) is 7. The molecule has 0 spiro atoms. The maximum Gasteiger partial charge on any atom is 0.343 e. The predicted molar refractivity (Wildman–Crippen MR) is 98.5 cm³/mol. The molecule has 9 heteroatoms. The molecule has 0 aromatic carbocycles. The van der Waals surface area contributed by atoms with Crippen molar-refractivity contribution >= 4 is 17.6 Å². The molecule has 1 N–H and O–H groups in total. The second-order valence-corrected chi connectivity index (χ2v) is 6.61. The van der Waals surface area contributed by atoms with Crippen LogP contribution in [-0.4, -0.2) is 58.2 Å². The molecule has 0 radical (unpaired) electrons. The molecule has 27 heavy (non-hydrogen) atoms. The molecule has 2 aromatic rings. The standard InChI is InChI=1S/C18H26N4O5/c1-5-27-18(25)14-9-19-22-15(23)8-13(20-17(14)22)11-21(10-12(2)3)7-6-16(24)26-4/h8-9,12,19H,5-7,10-11H2,1-4H3. The van der Waals surface area contributed by atoms with E-state index in [2.05, 4.69) is 23.9 Å². The number of rotatable bonds is 9. The van der Waals surface area contributed by atoms with Crippen LogP contribution in [0.5, 0.6) is 0 Å². The Hall–Kier alpha value is -2.68. The summed E-state index contributed by atoms with van der Waals surface area (Å²) in [5.41, 5.74) is 0.646. The summed E-state index contributed by atoms with van der Waals surface area (Å²) in [7, 11) is 1.36. The van der Waals surface area contributed by atoms with Gasteiger partial charge in [0.25, 0.3) is 5.56 Å². The Morgan fingerprint density at radius 2 is 2.11 bits per heavy atom. The van der Waals surface area contributed by atoms with Crippen LogP contribution in [0, 0.1) is 5.92 Å². The van der Waals surface area contributed by atoms with E-state index in [-0.39, 0.29) is 35.8 Å². The first kappa shape index (κ1) is 20.6. The lowest BCUT2D eigenvalue weighted by Crippen LogP contribution is -2.31. The van der Waals surface area contributed by atoms with Gasteiger partial charge in [-0.25, -0.2) is 14.3 Å². The van der Waals surface area contributed by atoms with E-state index in [0.717, 1.165) is 6.54 Å². The lowest BCUT2D eigenvalue weighted by molar-refractivity contribution is -0.141. The normalized spacial score (nSPS) is 11.3. The van der Waals surface area contributed by atoms with Crippen molar-refractivity contribution in [2.75, 3.05) is 26.8 Å². The zero-order valence-electron chi connectivity index (χ0n) is 16.2. The number of ether oxygens (including phenoxy) is 2. The molecule has 0 aliphatic rings. The summed E-state index contributed by atoms with van der Waals surface area (Å²) < 4.78 is 10.9. The molecular weight excluding hydrogens is 352 g/mol. The fraction of sp³-hybridized carbons (Fsp3) is 0.556. The zero-order valence-corrected chi connectivity index (χ0v) is 16.2. The van der Waals surface area contributed by atoms with E-state index in [1.54, 1.807) is 6.92 Å². The summed E-state index contributed by atoms with van der Waals surface area (Å²) in [6, 6.07) is 1.42. The molecule has 0 saturated heterocycles. The van der Waals surface area contributed by atoms with Crippen LogP contribution in [0.1, 0.15) is 43.2 Å². The van der Waals surface area contributed by atoms with Gasteiger partial charge in [-0.2, -0.15) is 0 Å². The van der Waals surface area contributed by atoms with Crippen molar-refractivity contribution in [3.8, 4) is 0 Å². The number of methoxy groups -OCH3 is 1. The maximum atomic E-state index is 12.4. The van der Waals surface area contributed by atoms with E-state index < -0.39 is 5.97 Å². The van der Waals surface area contributed by atoms with Gasteiger partial charge in [0, 0.05) is 31.9 Å². The van der Waals surface area contributed by atoms with Crippen LogP contribution in [0.2, 0.25) is 0 Å². The van der Waals surface area contributed by atoms with Crippen molar-refractivity contribution in [2.45, 2.75) is 33.7 Å². The number of fused-ring (bicyclic) bond motifs is 1. The first-order valence-electron chi connectivity index (χ1n) is 8.92. The number of H-pyrrole nitrogens is 1. The van der Waals surface area contributed by atoms with Crippen molar-refractivity contribution in [3.05, 3.63) is 33.9 Å². The van der Waals surface area contributed by atoms with Gasteiger partial charge in [0.15, 0.2) is 5.65 Å². The lowest BCUT2D eigenvalue weighted by atomic mass is 10.2. The molecule has 0 unspecified atom stereocenters. The Morgan fingerprint density at radius 1 is 1.37 bits per heavy atom. The molecule has 0 bridgehead atoms. The minimum Gasteiger partial charge on any atom is -0.469 e. The molecular formula is C18H26N4O5. The third-order valence-electron chi connectivity index (χ3n) is 3.91. The Balaban J connectivity index is 2.29. The van der Waals surface area contributed by atoms with Crippen LogP contribution in [0.25, 0.3) is 5.65 Å². The van der Waals surface area contributed by atoms with Crippen LogP contribution >= 0.6 is 0 Å². The van der Waals surface area contributed by atoms with Crippen molar-refractivity contribution in [1.29, 1.82) is 0 Å². The average Bonchev–Trinajstić information content (AvgIpc) is 3.03. The largest absolute Gasteiger partial charge is 0.469 e. The Morgan fingerprint density at radius 3 is 2.74 bits per heavy atom. The first-order valence-corrected chi connectivity index (χ1v) is 8.92. The summed E-state index contributed by atoms with van der Waals surface area (Å²) in [6.07, 6.45) is 1.66. The summed E-state index contributed by atoms with van der Waals surface area (Å²) in [5.74, 6) is -0.456. The van der Waals surface area contributed by atoms with Crippen LogP contribution in [0.4, 0.5) is 0 Å². The molecule has 0 atom stereocenters. The van der Waals surface area contributed by atoms with Crippen molar-refractivity contribution < 1.29 is 19.1 Å². The highest BCUT2D eigenvalue weighted by Gasteiger charge is 2.18. The predicted octanol–water partition coefficient (Wildman–Crippen LogP) is 1.22. The molecule has 0 fully saturated rings. The number of hydrogen-bond donors (Lipinski definition) is 1. The Labute approximate surface area is 157 Å². The van der Waals surface area contributed by atoms with E-state index in [4.69, 9.17) is 9.47 Å². The molecule has 2 heterocycles. The van der Waals surface area contributed by atoms with Crippen LogP contribution < -0.4 is 5.56 Å². The highest BCUT2D eigenvalue weighted by atomic mass is 16.5. The van der Waals surface area contributed by atoms with Gasteiger partial charge in [-0.05, 0) is 12.8 Å². The van der Waals surface area contributed by atoms with Gasteiger partial charge in [-0.15, -0.1) is 0 Å². The van der Waals surface area contributed by atoms with Gasteiger partial charge in [0.1, 0.15) is 5.56 Å². The minimum atomic E-state index is -0.537. The van der Waals surface area contributed by atoms with E-state index in [1.165, 1.54) is 23.9 Å². The third kappa shape index (κ3) is 5.40. The topological polar surface area (TPSA) is 106 Å². The van der Waals surface area contributed by atoms with Gasteiger partial charge >= 0.3 is 11.9 Å². The first-order chi connectivity index (χ1) is 12.8. The lowest BCUT2D eigenvalue weighted by Gasteiger charge is -2.23. The Kier molecular flexibility index (Phi) is 7.12. The van der Waals surface area contributed by atoms with Crippen LogP contribution in [-0.2, 0) is 20.8 Å². The van der Waals surface area contributed by atoms with Gasteiger partial charge in [-0.3, -0.25) is 19.6 Å². The highest BCUT2D eigenvalue weighted by molar-refractivity contribution is 5.95. The number of carbonyl (C=O) groups excluding carboxylic acids is 2. The summed E-state index contributed by atoms with van der Waals surface area (Å²) >= 11 is 0. The van der Waals surface area contributed by atoms with E-state index in [1.807, 2.05) is 4.90 Å². The minimum absolute atomic E-state index is 0.209. The van der Waals surface area contributed by atoms with E-state index in [9.17, 15) is 14.4 Å². The fourth-order valence-corrected chi connectivity index (χ4v) is 2.80. The Bertz CT molecular complexity index is 855. The number of aromatic amines is 1. The maximum absolute atomic E-state index is 12.4. The molecule has 0 amide bonds. The number of nitrogens with zero attached hydrogens (tertiary/aromatic N) is 3. The van der Waals surface area contributed by atoms with Crippen molar-refractivity contribution in [3.63, 3.8) is 0 Å². The highest BCUT2D eigenvalue weighted by Crippen LogP contribution is 2.11. The summed E-state index contributed by atoms with van der Waals surface area (Å²) in [6.45, 7) is 7.69. The third-order valence-corrected chi connectivity index (χ3v) is 3.91. The summed E-state index contributed by atoms with van der Waals surface area (Å²) in [5, 5.41) is 2.72. The quantitative estimate of drug-likeness (QED) is 0.654. The molecule has 0 aliphatic carbocycles. The fourth-order valence-electron chi connectivity index (χ4n) is 2.80. The monoisotopic (exact) mass is 378 g/mol. The molecule has 0 saturated carbocycles. The van der Waals surface area contributed by atoms with Crippen LogP contribution in [0.3, 0.4) is 0 Å². The smallest absolute Gasteiger partial charge is 0.343 e. The molecule has 2 rings (SSSR count). The second-order valence-electron chi connectivity index (χ2n) is 6.61. The number of aromatic nitrogens is 3. The zero-order chi connectivity index (χ0) is 20.0. The number of esters is 2. The molecule has 2 aromatic heterocycles. The second kappa shape index (κ2) is 9.31. The summed E-state index contributed by atoms with van der Waals surface area (Å²) in [4.78, 5) is 42.4. The van der Waals surface area contributed by atoms with Crippen molar-refractivity contribution in [1.82, 2.24) is 19.5 Å². The van der Waals surface area contributed by atoms with E-state index >= 15 is 0 Å². The van der Waals surface area contributed by atoms with Gasteiger partial charge < -0.3 is 9.47 Å². The van der Waals surface area contributed by atoms with Gasteiger partial charge in [-0.1, -0.05) is 13.8 Å². The van der Waals surface area contributed by atoms with Gasteiger partial charge in [0.05, 0.1) is 25.8 Å². The molecule has 148 valence electrons.